The van der Waals surface area contributed by atoms with Crippen molar-refractivity contribution >= 4 is 27.3 Å². The summed E-state index contributed by atoms with van der Waals surface area (Å²) in [5.41, 5.74) is 0.911. The van der Waals surface area contributed by atoms with Gasteiger partial charge in [-0.3, -0.25) is 0 Å². The second-order valence-electron chi connectivity index (χ2n) is 6.60. The SMILES string of the molecule is CCNC(=NCc1ccc(S(N)(=O)=O)cc1)NCC(C)(C)c1cccs1. The lowest BCUT2D eigenvalue weighted by atomic mass is 9.91. The first-order chi connectivity index (χ1) is 12.2. The van der Waals surface area contributed by atoms with E-state index in [2.05, 4.69) is 47.0 Å². The molecule has 0 aliphatic heterocycles. The average Bonchev–Trinajstić information content (AvgIpc) is 3.12. The van der Waals surface area contributed by atoms with Crippen LogP contribution in [0, 0.1) is 0 Å². The Balaban J connectivity index is 2.02. The minimum atomic E-state index is -3.67. The summed E-state index contributed by atoms with van der Waals surface area (Å²) >= 11 is 1.75. The summed E-state index contributed by atoms with van der Waals surface area (Å²) in [6, 6.07) is 10.7. The Morgan fingerprint density at radius 1 is 1.19 bits per heavy atom. The Morgan fingerprint density at radius 2 is 1.88 bits per heavy atom. The van der Waals surface area contributed by atoms with Gasteiger partial charge in [0.05, 0.1) is 11.4 Å². The second-order valence-corrected chi connectivity index (χ2v) is 9.11. The molecule has 142 valence electrons. The molecule has 0 fully saturated rings. The number of sulfonamides is 1. The molecule has 2 rings (SSSR count). The first-order valence-corrected chi connectivity index (χ1v) is 10.8. The first-order valence-electron chi connectivity index (χ1n) is 8.40. The van der Waals surface area contributed by atoms with Crippen LogP contribution in [-0.2, 0) is 22.0 Å². The summed E-state index contributed by atoms with van der Waals surface area (Å²) in [6.07, 6.45) is 0. The lowest BCUT2D eigenvalue weighted by molar-refractivity contribution is 0.518. The summed E-state index contributed by atoms with van der Waals surface area (Å²) in [4.78, 5) is 6.00. The van der Waals surface area contributed by atoms with Crippen molar-refractivity contribution < 1.29 is 8.42 Å². The second kappa shape index (κ2) is 8.66. The lowest BCUT2D eigenvalue weighted by Gasteiger charge is -2.25. The summed E-state index contributed by atoms with van der Waals surface area (Å²) < 4.78 is 22.6. The zero-order valence-electron chi connectivity index (χ0n) is 15.3. The van der Waals surface area contributed by atoms with Crippen LogP contribution in [0.4, 0.5) is 0 Å². The van der Waals surface area contributed by atoms with E-state index in [0.717, 1.165) is 24.6 Å². The van der Waals surface area contributed by atoms with Crippen LogP contribution in [0.25, 0.3) is 0 Å². The number of thiophene rings is 1. The maximum absolute atomic E-state index is 11.3. The molecule has 4 N–H and O–H groups in total. The molecule has 0 aliphatic rings. The Labute approximate surface area is 159 Å². The number of nitrogens with two attached hydrogens (primary N) is 1. The van der Waals surface area contributed by atoms with E-state index in [4.69, 9.17) is 5.14 Å². The molecule has 0 spiro atoms. The normalized spacial score (nSPS) is 12.8. The molecule has 2 aromatic rings. The quantitative estimate of drug-likeness (QED) is 0.496. The molecule has 1 aromatic carbocycles. The van der Waals surface area contributed by atoms with Gasteiger partial charge in [-0.15, -0.1) is 11.3 Å². The van der Waals surface area contributed by atoms with E-state index in [1.54, 1.807) is 23.5 Å². The van der Waals surface area contributed by atoms with Crippen molar-refractivity contribution in [2.45, 2.75) is 37.6 Å². The van der Waals surface area contributed by atoms with Crippen molar-refractivity contribution in [1.29, 1.82) is 0 Å². The fourth-order valence-corrected chi connectivity index (χ4v) is 3.72. The molecule has 0 saturated heterocycles. The summed E-state index contributed by atoms with van der Waals surface area (Å²) in [6.45, 7) is 8.37. The summed E-state index contributed by atoms with van der Waals surface area (Å²) in [5, 5.41) is 13.8. The molecule has 0 unspecified atom stereocenters. The van der Waals surface area contributed by atoms with Crippen LogP contribution in [0.15, 0.2) is 51.7 Å². The van der Waals surface area contributed by atoms with Crippen molar-refractivity contribution in [2.24, 2.45) is 10.1 Å². The zero-order chi connectivity index (χ0) is 19.2. The van der Waals surface area contributed by atoms with Gasteiger partial charge >= 0.3 is 0 Å². The lowest BCUT2D eigenvalue weighted by Crippen LogP contribution is -2.43. The molecule has 0 bridgehead atoms. The number of nitrogens with one attached hydrogen (secondary N) is 2. The number of primary sulfonamides is 1. The molecule has 0 atom stereocenters. The number of hydrogen-bond donors (Lipinski definition) is 3. The fraction of sp³-hybridized carbons (Fsp3) is 0.389. The van der Waals surface area contributed by atoms with E-state index >= 15 is 0 Å². The van der Waals surface area contributed by atoms with Crippen molar-refractivity contribution in [1.82, 2.24) is 10.6 Å². The van der Waals surface area contributed by atoms with Crippen molar-refractivity contribution in [3.05, 3.63) is 52.2 Å². The van der Waals surface area contributed by atoms with E-state index < -0.39 is 10.0 Å². The smallest absolute Gasteiger partial charge is 0.238 e. The predicted molar refractivity (Wildman–Crippen MR) is 108 cm³/mol. The third kappa shape index (κ3) is 5.82. The number of guanidine groups is 1. The van der Waals surface area contributed by atoms with Crippen LogP contribution < -0.4 is 15.8 Å². The van der Waals surface area contributed by atoms with Gasteiger partial charge in [0.25, 0.3) is 0 Å². The molecule has 6 nitrogen and oxygen atoms in total. The fourth-order valence-electron chi connectivity index (χ4n) is 2.35. The third-order valence-electron chi connectivity index (χ3n) is 3.90. The third-order valence-corrected chi connectivity index (χ3v) is 6.07. The highest BCUT2D eigenvalue weighted by Crippen LogP contribution is 2.26. The maximum Gasteiger partial charge on any atom is 0.238 e. The summed E-state index contributed by atoms with van der Waals surface area (Å²) in [5.74, 6) is 0.729. The van der Waals surface area contributed by atoms with Crippen LogP contribution in [0.2, 0.25) is 0 Å². The highest BCUT2D eigenvalue weighted by molar-refractivity contribution is 7.89. The molecule has 1 aromatic heterocycles. The Morgan fingerprint density at radius 3 is 2.42 bits per heavy atom. The largest absolute Gasteiger partial charge is 0.357 e. The van der Waals surface area contributed by atoms with E-state index in [0.29, 0.717) is 6.54 Å². The topological polar surface area (TPSA) is 96.6 Å². The number of rotatable bonds is 7. The minimum absolute atomic E-state index is 0.00148. The van der Waals surface area contributed by atoms with Gasteiger partial charge in [0.2, 0.25) is 10.0 Å². The average molecular weight is 395 g/mol. The van der Waals surface area contributed by atoms with Crippen LogP contribution >= 0.6 is 11.3 Å². The van der Waals surface area contributed by atoms with Gasteiger partial charge < -0.3 is 10.6 Å². The first kappa shape index (κ1) is 20.4. The number of benzene rings is 1. The van der Waals surface area contributed by atoms with Crippen LogP contribution in [0.3, 0.4) is 0 Å². The van der Waals surface area contributed by atoms with E-state index in [9.17, 15) is 8.42 Å². The van der Waals surface area contributed by atoms with Crippen molar-refractivity contribution in [3.8, 4) is 0 Å². The minimum Gasteiger partial charge on any atom is -0.357 e. The van der Waals surface area contributed by atoms with E-state index in [1.165, 1.54) is 17.0 Å². The van der Waals surface area contributed by atoms with Crippen LogP contribution in [0.1, 0.15) is 31.2 Å². The molecule has 8 heteroatoms. The van der Waals surface area contributed by atoms with E-state index in [1.807, 2.05) is 6.92 Å². The molecule has 1 heterocycles. The Kier molecular flexibility index (Phi) is 6.80. The molecule has 26 heavy (non-hydrogen) atoms. The van der Waals surface area contributed by atoms with Gasteiger partial charge in [0.15, 0.2) is 5.96 Å². The highest BCUT2D eigenvalue weighted by Gasteiger charge is 2.21. The molecular weight excluding hydrogens is 368 g/mol. The van der Waals surface area contributed by atoms with Gasteiger partial charge in [-0.2, -0.15) is 0 Å². The van der Waals surface area contributed by atoms with Gasteiger partial charge in [0.1, 0.15) is 0 Å². The Hall–Kier alpha value is -1.90. The Bertz CT molecular complexity index is 827. The van der Waals surface area contributed by atoms with Gasteiger partial charge in [-0.25, -0.2) is 18.5 Å². The zero-order valence-corrected chi connectivity index (χ0v) is 17.0. The van der Waals surface area contributed by atoms with Crippen LogP contribution in [0.5, 0.6) is 0 Å². The van der Waals surface area contributed by atoms with E-state index in [-0.39, 0.29) is 10.3 Å². The number of hydrogen-bond acceptors (Lipinski definition) is 4. The van der Waals surface area contributed by atoms with Gasteiger partial charge in [-0.05, 0) is 36.1 Å². The van der Waals surface area contributed by atoms with Crippen molar-refractivity contribution in [3.63, 3.8) is 0 Å². The van der Waals surface area contributed by atoms with Crippen LogP contribution in [-0.4, -0.2) is 27.5 Å². The highest BCUT2D eigenvalue weighted by atomic mass is 32.2. The van der Waals surface area contributed by atoms with Crippen molar-refractivity contribution in [2.75, 3.05) is 13.1 Å². The molecule has 0 radical (unpaired) electrons. The van der Waals surface area contributed by atoms with Gasteiger partial charge in [0, 0.05) is 23.4 Å². The molecular formula is C18H26N4O2S2. The number of nitrogens with zero attached hydrogens (tertiary/aromatic N) is 1. The predicted octanol–water partition coefficient (Wildman–Crippen LogP) is 2.43. The molecule has 0 saturated carbocycles. The summed E-state index contributed by atoms with van der Waals surface area (Å²) in [7, 11) is -3.67. The number of aliphatic imine (C=N–C) groups is 1. The molecule has 0 aliphatic carbocycles. The monoisotopic (exact) mass is 394 g/mol. The molecule has 0 amide bonds. The maximum atomic E-state index is 11.3. The van der Waals surface area contributed by atoms with Gasteiger partial charge in [-0.1, -0.05) is 32.0 Å². The standard InChI is InChI=1S/C18H26N4O2S2/c1-4-20-17(22-13-18(2,3)16-6-5-11-25-16)21-12-14-7-9-15(10-8-14)26(19,23)24/h5-11H,4,12-13H2,1-3H3,(H2,19,23,24)(H2,20,21,22).